The van der Waals surface area contributed by atoms with E-state index >= 15 is 0 Å². The number of carbonyl (C=O) groups excluding carboxylic acids is 1. The molecule has 0 fully saturated rings. The van der Waals surface area contributed by atoms with Gasteiger partial charge in [0.2, 0.25) is 0 Å². The van der Waals surface area contributed by atoms with Crippen LogP contribution in [-0.2, 0) is 5.41 Å². The molecule has 166 valence electrons. The van der Waals surface area contributed by atoms with E-state index in [-0.39, 0.29) is 11.3 Å². The average molecular weight is 416 g/mol. The Hall–Kier alpha value is -2.50. The average Bonchev–Trinajstić information content (AvgIpc) is 3.21. The topological polar surface area (TPSA) is 76.2 Å². The van der Waals surface area contributed by atoms with E-state index in [1.165, 1.54) is 6.42 Å². The van der Waals surface area contributed by atoms with Gasteiger partial charge in [-0.2, -0.15) is 5.10 Å². The van der Waals surface area contributed by atoms with E-state index in [4.69, 9.17) is 9.47 Å². The number of unbranched alkanes of at least 4 members (excludes halogenated alkanes) is 1. The van der Waals surface area contributed by atoms with Gasteiger partial charge in [-0.15, -0.1) is 0 Å². The number of nitrogens with one attached hydrogen (secondary N) is 2. The molecule has 0 saturated heterocycles. The lowest BCUT2D eigenvalue weighted by Crippen LogP contribution is -2.26. The lowest BCUT2D eigenvalue weighted by atomic mass is 9.73. The van der Waals surface area contributed by atoms with Crippen LogP contribution in [0.2, 0.25) is 0 Å². The van der Waals surface area contributed by atoms with Crippen molar-refractivity contribution in [1.29, 1.82) is 0 Å². The fourth-order valence-corrected chi connectivity index (χ4v) is 4.25. The summed E-state index contributed by atoms with van der Waals surface area (Å²) in [5.74, 6) is 1.29. The summed E-state index contributed by atoms with van der Waals surface area (Å²) in [7, 11) is 1.55. The molecule has 1 amide bonds. The number of hydrogen-bond donors (Lipinski definition) is 2. The molecule has 2 N–H and O–H groups in total. The first kappa shape index (κ1) is 23.8. The summed E-state index contributed by atoms with van der Waals surface area (Å²) < 4.78 is 11.0. The van der Waals surface area contributed by atoms with Crippen molar-refractivity contribution in [2.45, 2.75) is 78.1 Å². The summed E-state index contributed by atoms with van der Waals surface area (Å²) in [6.07, 6.45) is 7.86. The number of nitrogens with zero attached hydrogens (tertiary/aromatic N) is 1. The molecular formula is C24H37N3O3. The summed E-state index contributed by atoms with van der Waals surface area (Å²) in [6.45, 7) is 9.03. The highest BCUT2D eigenvalue weighted by Gasteiger charge is 2.32. The van der Waals surface area contributed by atoms with Crippen molar-refractivity contribution in [2.24, 2.45) is 0 Å². The SMILES string of the molecule is CCCCC(CCC)(CCC)c1cc(NC(=O)c2c(OC)cccc2OCC)[nH]n1. The minimum atomic E-state index is -0.281. The maximum Gasteiger partial charge on any atom is 0.264 e. The van der Waals surface area contributed by atoms with Gasteiger partial charge in [0.05, 0.1) is 19.4 Å². The molecule has 0 spiro atoms. The summed E-state index contributed by atoms with van der Waals surface area (Å²) >= 11 is 0. The zero-order chi connectivity index (χ0) is 22.0. The van der Waals surface area contributed by atoms with E-state index in [1.54, 1.807) is 19.2 Å². The van der Waals surface area contributed by atoms with Crippen LogP contribution >= 0.6 is 0 Å². The number of aromatic amines is 1. The number of rotatable bonds is 13. The molecule has 2 aromatic rings. The molecule has 1 heterocycles. The van der Waals surface area contributed by atoms with Gasteiger partial charge in [-0.05, 0) is 38.3 Å². The maximum atomic E-state index is 13.1. The molecule has 30 heavy (non-hydrogen) atoms. The van der Waals surface area contributed by atoms with Gasteiger partial charge in [0.25, 0.3) is 5.91 Å². The summed E-state index contributed by atoms with van der Waals surface area (Å²) in [5, 5.41) is 10.6. The van der Waals surface area contributed by atoms with Crippen molar-refractivity contribution < 1.29 is 14.3 Å². The molecule has 1 aromatic heterocycles. The molecular weight excluding hydrogens is 378 g/mol. The molecule has 0 saturated carbocycles. The highest BCUT2D eigenvalue weighted by atomic mass is 16.5. The minimum Gasteiger partial charge on any atom is -0.496 e. The van der Waals surface area contributed by atoms with Crippen LogP contribution in [-0.4, -0.2) is 29.8 Å². The molecule has 0 radical (unpaired) electrons. The van der Waals surface area contributed by atoms with Crippen LogP contribution in [0.3, 0.4) is 0 Å². The molecule has 0 unspecified atom stereocenters. The maximum absolute atomic E-state index is 13.1. The monoisotopic (exact) mass is 415 g/mol. The smallest absolute Gasteiger partial charge is 0.264 e. The highest BCUT2D eigenvalue weighted by molar-refractivity contribution is 6.07. The lowest BCUT2D eigenvalue weighted by molar-refractivity contribution is 0.101. The second-order valence-electron chi connectivity index (χ2n) is 7.77. The summed E-state index contributed by atoms with van der Waals surface area (Å²) in [6, 6.07) is 7.34. The van der Waals surface area contributed by atoms with Gasteiger partial charge < -0.3 is 14.8 Å². The van der Waals surface area contributed by atoms with Gasteiger partial charge in [-0.25, -0.2) is 0 Å². The van der Waals surface area contributed by atoms with E-state index in [9.17, 15) is 4.79 Å². The normalized spacial score (nSPS) is 11.4. The van der Waals surface area contributed by atoms with Crippen molar-refractivity contribution in [1.82, 2.24) is 10.2 Å². The van der Waals surface area contributed by atoms with Crippen molar-refractivity contribution in [3.63, 3.8) is 0 Å². The summed E-state index contributed by atoms with van der Waals surface area (Å²) in [5.41, 5.74) is 1.48. The molecule has 0 aliphatic carbocycles. The number of methoxy groups -OCH3 is 1. The fraction of sp³-hybridized carbons (Fsp3) is 0.583. The van der Waals surface area contributed by atoms with Gasteiger partial charge >= 0.3 is 0 Å². The zero-order valence-corrected chi connectivity index (χ0v) is 19.1. The molecule has 0 atom stereocenters. The van der Waals surface area contributed by atoms with Gasteiger partial charge in [0.1, 0.15) is 22.9 Å². The molecule has 0 bridgehead atoms. The standard InChI is InChI=1S/C24H37N3O3/c1-6-10-16-24(14-7-2,15-8-3)20-17-21(27-26-20)25-23(28)22-18(29-5)12-11-13-19(22)30-9-4/h11-13,17H,6-10,14-16H2,1-5H3,(H2,25,26,27,28). The number of carbonyl (C=O) groups is 1. The quantitative estimate of drug-likeness (QED) is 0.414. The van der Waals surface area contributed by atoms with E-state index in [2.05, 4.69) is 36.3 Å². The first-order valence-corrected chi connectivity index (χ1v) is 11.2. The van der Waals surface area contributed by atoms with Crippen molar-refractivity contribution >= 4 is 11.7 Å². The predicted molar refractivity (Wildman–Crippen MR) is 122 cm³/mol. The third-order valence-corrected chi connectivity index (χ3v) is 5.57. The minimum absolute atomic E-state index is 0.0555. The van der Waals surface area contributed by atoms with Gasteiger partial charge in [-0.1, -0.05) is 52.5 Å². The molecule has 0 aliphatic heterocycles. The van der Waals surface area contributed by atoms with Gasteiger partial charge in [0.15, 0.2) is 0 Å². The van der Waals surface area contributed by atoms with Crippen LogP contribution in [0.15, 0.2) is 24.3 Å². The Morgan fingerprint density at radius 1 is 1.07 bits per heavy atom. The lowest BCUT2D eigenvalue weighted by Gasteiger charge is -2.32. The van der Waals surface area contributed by atoms with Crippen molar-refractivity contribution in [2.75, 3.05) is 19.0 Å². The van der Waals surface area contributed by atoms with E-state index < -0.39 is 0 Å². The third kappa shape index (κ3) is 5.55. The second kappa shape index (κ2) is 11.6. The number of ether oxygens (including phenoxy) is 2. The molecule has 6 nitrogen and oxygen atoms in total. The Morgan fingerprint density at radius 3 is 2.37 bits per heavy atom. The second-order valence-corrected chi connectivity index (χ2v) is 7.77. The van der Waals surface area contributed by atoms with Crippen LogP contribution < -0.4 is 14.8 Å². The van der Waals surface area contributed by atoms with Crippen molar-refractivity contribution in [3.8, 4) is 11.5 Å². The Kier molecular flexibility index (Phi) is 9.21. The number of amides is 1. The van der Waals surface area contributed by atoms with E-state index in [0.717, 1.165) is 44.2 Å². The summed E-state index contributed by atoms with van der Waals surface area (Å²) in [4.78, 5) is 13.1. The zero-order valence-electron chi connectivity index (χ0n) is 19.1. The Morgan fingerprint density at radius 2 is 1.77 bits per heavy atom. The number of aromatic nitrogens is 2. The number of benzene rings is 1. The van der Waals surface area contributed by atoms with Crippen LogP contribution in [0.4, 0.5) is 5.82 Å². The Bertz CT molecular complexity index is 795. The van der Waals surface area contributed by atoms with Crippen LogP contribution in [0.5, 0.6) is 11.5 Å². The molecule has 0 aliphatic rings. The fourth-order valence-electron chi connectivity index (χ4n) is 4.25. The molecule has 2 rings (SSSR count). The molecule has 1 aromatic carbocycles. The first-order valence-electron chi connectivity index (χ1n) is 11.2. The number of anilines is 1. The Labute approximate surface area is 180 Å². The van der Waals surface area contributed by atoms with Gasteiger partial charge in [-0.3, -0.25) is 9.89 Å². The largest absolute Gasteiger partial charge is 0.496 e. The molecule has 6 heteroatoms. The van der Waals surface area contributed by atoms with Crippen LogP contribution in [0, 0.1) is 0 Å². The number of hydrogen-bond acceptors (Lipinski definition) is 4. The van der Waals surface area contributed by atoms with Crippen molar-refractivity contribution in [3.05, 3.63) is 35.5 Å². The van der Waals surface area contributed by atoms with E-state index in [1.807, 2.05) is 19.1 Å². The van der Waals surface area contributed by atoms with Crippen LogP contribution in [0.25, 0.3) is 0 Å². The van der Waals surface area contributed by atoms with Gasteiger partial charge in [0, 0.05) is 11.5 Å². The van der Waals surface area contributed by atoms with Crippen LogP contribution in [0.1, 0.15) is 88.7 Å². The Balaban J connectivity index is 2.30. The van der Waals surface area contributed by atoms with E-state index in [0.29, 0.717) is 29.5 Å². The number of H-pyrrole nitrogens is 1. The third-order valence-electron chi connectivity index (χ3n) is 5.57. The first-order chi connectivity index (χ1) is 14.5. The predicted octanol–water partition coefficient (Wildman–Crippen LogP) is 6.10. The highest BCUT2D eigenvalue weighted by Crippen LogP contribution is 2.39.